The first-order chi connectivity index (χ1) is 10.6. The van der Waals surface area contributed by atoms with Gasteiger partial charge in [0.1, 0.15) is 12.7 Å². The number of rotatable bonds is 7. The molecule has 2 N–H and O–H groups in total. The predicted molar refractivity (Wildman–Crippen MR) is 82.6 cm³/mol. The van der Waals surface area contributed by atoms with Gasteiger partial charge >= 0.3 is 0 Å². The van der Waals surface area contributed by atoms with E-state index in [0.717, 1.165) is 18.4 Å². The van der Waals surface area contributed by atoms with E-state index in [-0.39, 0.29) is 0 Å². The highest BCUT2D eigenvalue weighted by Crippen LogP contribution is 2.33. The number of hydrogen-bond acceptors (Lipinski definition) is 4. The molecule has 1 aromatic heterocycles. The number of amides is 1. The van der Waals surface area contributed by atoms with Crippen molar-refractivity contribution in [2.75, 3.05) is 0 Å². The highest BCUT2D eigenvalue weighted by atomic mass is 35.5. The normalized spacial score (nSPS) is 13.6. The second-order valence-electron chi connectivity index (χ2n) is 5.23. The number of carbonyl (C=O) groups is 1. The maximum Gasteiger partial charge on any atom is 0.255 e. The van der Waals surface area contributed by atoms with E-state index < -0.39 is 11.3 Å². The molecule has 0 fully saturated rings. The minimum Gasteiger partial charge on any atom is -0.289 e. The van der Waals surface area contributed by atoms with Crippen LogP contribution in [0.15, 0.2) is 36.9 Å². The monoisotopic (exact) mass is 322 g/mol. The number of nitrogens with zero attached hydrogens (tertiary/aromatic N) is 3. The third-order valence-electron chi connectivity index (χ3n) is 3.79. The number of carbonyl (C=O) groups excluding carboxylic acids is 1. The molecule has 1 amide bonds. The second kappa shape index (κ2) is 7.38. The zero-order valence-electron chi connectivity index (χ0n) is 12.4. The molecule has 118 valence electrons. The fraction of sp³-hybridized carbons (Fsp3) is 0.400. The van der Waals surface area contributed by atoms with Crippen LogP contribution in [-0.2, 0) is 16.8 Å². The summed E-state index contributed by atoms with van der Waals surface area (Å²) >= 11 is 5.94. The Bertz CT molecular complexity index is 601. The number of unbranched alkanes of at least 4 members (excludes halogenated alkanes) is 1. The van der Waals surface area contributed by atoms with Crippen LogP contribution in [0, 0.1) is 0 Å². The molecule has 0 aliphatic carbocycles. The molecule has 0 aliphatic heterocycles. The predicted octanol–water partition coefficient (Wildman–Crippen LogP) is 2.57. The summed E-state index contributed by atoms with van der Waals surface area (Å²) in [6, 6.07) is 7.10. The Labute approximate surface area is 134 Å². The second-order valence-corrected chi connectivity index (χ2v) is 5.66. The van der Waals surface area contributed by atoms with Gasteiger partial charge < -0.3 is 0 Å². The number of halogens is 1. The van der Waals surface area contributed by atoms with E-state index in [4.69, 9.17) is 11.6 Å². The molecule has 1 heterocycles. The summed E-state index contributed by atoms with van der Waals surface area (Å²) in [6.07, 6.45) is 5.33. The van der Waals surface area contributed by atoms with Crippen molar-refractivity contribution in [2.45, 2.75) is 38.1 Å². The van der Waals surface area contributed by atoms with E-state index in [1.807, 2.05) is 12.1 Å². The largest absolute Gasteiger partial charge is 0.289 e. The number of hydrogen-bond donors (Lipinski definition) is 2. The Hall–Kier alpha value is -1.92. The van der Waals surface area contributed by atoms with Gasteiger partial charge in [-0.1, -0.05) is 43.5 Å². The Morgan fingerprint density at radius 3 is 2.68 bits per heavy atom. The van der Waals surface area contributed by atoms with Gasteiger partial charge in [0.2, 0.25) is 0 Å². The summed E-state index contributed by atoms with van der Waals surface area (Å²) in [6.45, 7) is 2.35. The SMILES string of the molecule is CCCCC(Cn1cncn1)(C(=O)NO)c1ccc(Cl)cc1. The van der Waals surface area contributed by atoms with Crippen molar-refractivity contribution in [1.29, 1.82) is 0 Å². The molecule has 0 spiro atoms. The van der Waals surface area contributed by atoms with Gasteiger partial charge in [-0.15, -0.1) is 0 Å². The van der Waals surface area contributed by atoms with Gasteiger partial charge in [0.05, 0.1) is 12.0 Å². The highest BCUT2D eigenvalue weighted by Gasteiger charge is 2.40. The van der Waals surface area contributed by atoms with Crippen LogP contribution in [-0.4, -0.2) is 25.9 Å². The van der Waals surface area contributed by atoms with Gasteiger partial charge in [0.15, 0.2) is 0 Å². The van der Waals surface area contributed by atoms with Crippen molar-refractivity contribution >= 4 is 17.5 Å². The van der Waals surface area contributed by atoms with Crippen LogP contribution in [0.1, 0.15) is 31.7 Å². The summed E-state index contributed by atoms with van der Waals surface area (Å²) < 4.78 is 1.60. The fourth-order valence-electron chi connectivity index (χ4n) is 2.58. The molecule has 0 aliphatic rings. The standard InChI is InChI=1S/C15H19ClN4O2/c1-2-3-8-15(14(21)19-22,9-20-11-17-10-18-20)12-4-6-13(16)7-5-12/h4-7,10-11,22H,2-3,8-9H2,1H3,(H,19,21). The van der Waals surface area contributed by atoms with E-state index in [0.29, 0.717) is 18.0 Å². The topological polar surface area (TPSA) is 80.0 Å². The summed E-state index contributed by atoms with van der Waals surface area (Å²) in [5.41, 5.74) is 1.66. The number of benzene rings is 1. The lowest BCUT2D eigenvalue weighted by Crippen LogP contribution is -2.46. The molecule has 0 bridgehead atoms. The van der Waals surface area contributed by atoms with Crippen LogP contribution < -0.4 is 5.48 Å². The first-order valence-electron chi connectivity index (χ1n) is 7.15. The molecule has 1 unspecified atom stereocenters. The van der Waals surface area contributed by atoms with Gasteiger partial charge in [-0.3, -0.25) is 14.7 Å². The number of nitrogens with one attached hydrogen (secondary N) is 1. The Kier molecular flexibility index (Phi) is 5.51. The van der Waals surface area contributed by atoms with Gasteiger partial charge in [-0.25, -0.2) is 10.5 Å². The fourth-order valence-corrected chi connectivity index (χ4v) is 2.70. The van der Waals surface area contributed by atoms with Crippen molar-refractivity contribution in [2.24, 2.45) is 0 Å². The van der Waals surface area contributed by atoms with Crippen LogP contribution in [0.4, 0.5) is 0 Å². The maximum atomic E-state index is 12.5. The third-order valence-corrected chi connectivity index (χ3v) is 4.04. The first kappa shape index (κ1) is 16.5. The molecule has 1 aromatic carbocycles. The Morgan fingerprint density at radius 2 is 2.14 bits per heavy atom. The number of aromatic nitrogens is 3. The molecule has 2 aromatic rings. The maximum absolute atomic E-state index is 12.5. The van der Waals surface area contributed by atoms with Crippen molar-refractivity contribution in [3.05, 3.63) is 47.5 Å². The van der Waals surface area contributed by atoms with Crippen LogP contribution in [0.5, 0.6) is 0 Å². The van der Waals surface area contributed by atoms with E-state index in [1.165, 1.54) is 6.33 Å². The van der Waals surface area contributed by atoms with Crippen LogP contribution in [0.25, 0.3) is 0 Å². The Morgan fingerprint density at radius 1 is 1.41 bits per heavy atom. The van der Waals surface area contributed by atoms with E-state index >= 15 is 0 Å². The minimum absolute atomic E-state index is 0.293. The van der Waals surface area contributed by atoms with E-state index in [9.17, 15) is 10.0 Å². The lowest BCUT2D eigenvalue weighted by molar-refractivity contribution is -0.136. The lowest BCUT2D eigenvalue weighted by Gasteiger charge is -2.32. The van der Waals surface area contributed by atoms with Crippen molar-refractivity contribution in [3.63, 3.8) is 0 Å². The molecule has 7 heteroatoms. The van der Waals surface area contributed by atoms with Gasteiger partial charge in [-0.05, 0) is 24.1 Å². The minimum atomic E-state index is -0.928. The molecule has 1 atom stereocenters. The summed E-state index contributed by atoms with van der Waals surface area (Å²) in [5, 5.41) is 13.9. The van der Waals surface area contributed by atoms with Crippen LogP contribution in [0.3, 0.4) is 0 Å². The highest BCUT2D eigenvalue weighted by molar-refractivity contribution is 6.30. The average Bonchev–Trinajstić information content (AvgIpc) is 3.04. The van der Waals surface area contributed by atoms with Crippen molar-refractivity contribution < 1.29 is 10.0 Å². The van der Waals surface area contributed by atoms with Crippen molar-refractivity contribution in [1.82, 2.24) is 20.2 Å². The molecule has 22 heavy (non-hydrogen) atoms. The molecule has 0 saturated heterocycles. The molecule has 0 saturated carbocycles. The quantitative estimate of drug-likeness (QED) is 0.606. The molecule has 2 rings (SSSR count). The zero-order valence-corrected chi connectivity index (χ0v) is 13.1. The first-order valence-corrected chi connectivity index (χ1v) is 7.53. The zero-order chi connectivity index (χ0) is 16.0. The molecular weight excluding hydrogens is 304 g/mol. The molecule has 0 radical (unpaired) electrons. The molecular formula is C15H19ClN4O2. The van der Waals surface area contributed by atoms with Gasteiger partial charge in [-0.2, -0.15) is 5.10 Å². The smallest absolute Gasteiger partial charge is 0.255 e. The van der Waals surface area contributed by atoms with E-state index in [2.05, 4.69) is 17.0 Å². The van der Waals surface area contributed by atoms with Crippen LogP contribution >= 0.6 is 11.6 Å². The van der Waals surface area contributed by atoms with Gasteiger partial charge in [0, 0.05) is 5.02 Å². The summed E-state index contributed by atoms with van der Waals surface area (Å²) in [4.78, 5) is 16.4. The van der Waals surface area contributed by atoms with Gasteiger partial charge in [0.25, 0.3) is 5.91 Å². The third kappa shape index (κ3) is 3.45. The summed E-state index contributed by atoms with van der Waals surface area (Å²) in [7, 11) is 0. The van der Waals surface area contributed by atoms with Crippen LogP contribution in [0.2, 0.25) is 5.02 Å². The Balaban J connectivity index is 2.47. The number of hydroxylamine groups is 1. The average molecular weight is 323 g/mol. The van der Waals surface area contributed by atoms with Crippen molar-refractivity contribution in [3.8, 4) is 0 Å². The lowest BCUT2D eigenvalue weighted by atomic mass is 9.75. The van der Waals surface area contributed by atoms with E-state index in [1.54, 1.807) is 28.6 Å². The summed E-state index contributed by atoms with van der Waals surface area (Å²) in [5.74, 6) is -0.459. The molecule has 6 nitrogen and oxygen atoms in total.